The van der Waals surface area contributed by atoms with Gasteiger partial charge in [0.15, 0.2) is 16.7 Å². The third-order valence-electron chi connectivity index (χ3n) is 4.67. The topological polar surface area (TPSA) is 59.9 Å². The fourth-order valence-electron chi connectivity index (χ4n) is 3.10. The molecule has 0 spiro atoms. The molecule has 0 atom stereocenters. The van der Waals surface area contributed by atoms with E-state index in [1.807, 2.05) is 6.92 Å². The average Bonchev–Trinajstić information content (AvgIpc) is 3.14. The number of benzene rings is 3. The van der Waals surface area contributed by atoms with Gasteiger partial charge in [-0.2, -0.15) is 0 Å². The minimum atomic E-state index is -0.375. The Labute approximate surface area is 204 Å². The van der Waals surface area contributed by atoms with Gasteiger partial charge in [0, 0.05) is 5.56 Å². The molecule has 174 valence electrons. The molecule has 1 aliphatic rings. The van der Waals surface area contributed by atoms with Gasteiger partial charge in [-0.15, -0.1) is 0 Å². The highest BCUT2D eigenvalue weighted by atomic mass is 35.5. The number of nitrogens with one attached hydrogen (secondary N) is 1. The fraction of sp³-hybridized carbons (Fsp3) is 0.120. The smallest absolute Gasteiger partial charge is 0.264 e. The first-order valence-corrected chi connectivity index (χ1v) is 11.5. The molecular weight excluding hydrogens is 482 g/mol. The zero-order valence-corrected chi connectivity index (χ0v) is 19.6. The maximum absolute atomic E-state index is 13.9. The van der Waals surface area contributed by atoms with Gasteiger partial charge in [0.05, 0.1) is 22.2 Å². The number of ether oxygens (including phenoxy) is 2. The molecule has 34 heavy (non-hydrogen) atoms. The molecule has 1 N–H and O–H groups in total. The molecule has 1 saturated heterocycles. The third-order valence-corrected chi connectivity index (χ3v) is 5.86. The number of thioether (sulfide) groups is 1. The minimum absolute atomic E-state index is 0.0195. The van der Waals surface area contributed by atoms with Crippen LogP contribution in [0.4, 0.5) is 14.5 Å². The van der Waals surface area contributed by atoms with Gasteiger partial charge in [-0.25, -0.2) is 13.8 Å². The van der Waals surface area contributed by atoms with E-state index in [0.29, 0.717) is 39.2 Å². The SMILES string of the molecule is CCOc1cc(/C=C2/SC(=Nc3ccc(F)cc3)NC2=O)cc(Cl)c1OCc1ccccc1F. The maximum Gasteiger partial charge on any atom is 0.264 e. The van der Waals surface area contributed by atoms with E-state index < -0.39 is 0 Å². The second-order valence-electron chi connectivity index (χ2n) is 7.10. The van der Waals surface area contributed by atoms with Gasteiger partial charge in [-0.05, 0) is 72.8 Å². The molecule has 3 aromatic rings. The molecule has 0 aliphatic carbocycles. The Morgan fingerprint density at radius 3 is 2.59 bits per heavy atom. The summed E-state index contributed by atoms with van der Waals surface area (Å²) in [4.78, 5) is 17.1. The van der Waals surface area contributed by atoms with Crippen LogP contribution in [0.15, 0.2) is 70.6 Å². The molecule has 1 heterocycles. The van der Waals surface area contributed by atoms with Gasteiger partial charge in [0.2, 0.25) is 0 Å². The highest BCUT2D eigenvalue weighted by Gasteiger charge is 2.24. The number of halogens is 3. The van der Waals surface area contributed by atoms with Crippen LogP contribution in [0.5, 0.6) is 11.5 Å². The lowest BCUT2D eigenvalue weighted by atomic mass is 10.1. The Bertz CT molecular complexity index is 1280. The second-order valence-corrected chi connectivity index (χ2v) is 8.54. The predicted octanol–water partition coefficient (Wildman–Crippen LogP) is 6.49. The van der Waals surface area contributed by atoms with Crippen LogP contribution in [-0.2, 0) is 11.4 Å². The first-order valence-electron chi connectivity index (χ1n) is 10.3. The van der Waals surface area contributed by atoms with E-state index in [4.69, 9.17) is 21.1 Å². The summed E-state index contributed by atoms with van der Waals surface area (Å²) in [6, 6.07) is 15.3. The highest BCUT2D eigenvalue weighted by molar-refractivity contribution is 8.18. The van der Waals surface area contributed by atoms with Gasteiger partial charge in [0.25, 0.3) is 5.91 Å². The summed E-state index contributed by atoms with van der Waals surface area (Å²) in [6.45, 7) is 2.16. The van der Waals surface area contributed by atoms with E-state index in [-0.39, 0.29) is 34.9 Å². The van der Waals surface area contributed by atoms with E-state index in [2.05, 4.69) is 10.3 Å². The van der Waals surface area contributed by atoms with E-state index in [9.17, 15) is 13.6 Å². The van der Waals surface area contributed by atoms with Crippen LogP contribution < -0.4 is 14.8 Å². The van der Waals surface area contributed by atoms with E-state index in [0.717, 1.165) is 11.8 Å². The molecule has 1 aliphatic heterocycles. The minimum Gasteiger partial charge on any atom is -0.490 e. The number of amidine groups is 1. The van der Waals surface area contributed by atoms with Gasteiger partial charge in [-0.3, -0.25) is 4.79 Å². The van der Waals surface area contributed by atoms with E-state index >= 15 is 0 Å². The van der Waals surface area contributed by atoms with Crippen molar-refractivity contribution in [1.82, 2.24) is 5.32 Å². The summed E-state index contributed by atoms with van der Waals surface area (Å²) in [5, 5.41) is 3.32. The number of nitrogens with zero attached hydrogens (tertiary/aromatic N) is 1. The number of carbonyl (C=O) groups is 1. The molecule has 0 aromatic heterocycles. The number of hydrogen-bond donors (Lipinski definition) is 1. The maximum atomic E-state index is 13.9. The van der Waals surface area contributed by atoms with Crippen molar-refractivity contribution in [1.29, 1.82) is 0 Å². The molecular formula is C25H19ClF2N2O3S. The summed E-state index contributed by atoms with van der Waals surface area (Å²) in [7, 11) is 0. The lowest BCUT2D eigenvalue weighted by Gasteiger charge is -2.15. The molecule has 4 rings (SSSR count). The van der Waals surface area contributed by atoms with Crippen molar-refractivity contribution < 1.29 is 23.0 Å². The molecule has 5 nitrogen and oxygen atoms in total. The van der Waals surface area contributed by atoms with Crippen LogP contribution in [0.2, 0.25) is 5.02 Å². The number of aliphatic imine (C=N–C) groups is 1. The lowest BCUT2D eigenvalue weighted by molar-refractivity contribution is -0.115. The molecule has 0 unspecified atom stereocenters. The Morgan fingerprint density at radius 1 is 1.09 bits per heavy atom. The average molecular weight is 501 g/mol. The van der Waals surface area contributed by atoms with Crippen LogP contribution in [0.1, 0.15) is 18.1 Å². The van der Waals surface area contributed by atoms with Crippen molar-refractivity contribution in [2.45, 2.75) is 13.5 Å². The van der Waals surface area contributed by atoms with Gasteiger partial charge in [-0.1, -0.05) is 29.8 Å². The van der Waals surface area contributed by atoms with Crippen molar-refractivity contribution >= 4 is 46.2 Å². The number of carbonyl (C=O) groups excluding carboxylic acids is 1. The van der Waals surface area contributed by atoms with Crippen molar-refractivity contribution in [3.05, 3.63) is 93.4 Å². The van der Waals surface area contributed by atoms with Crippen molar-refractivity contribution in [3.63, 3.8) is 0 Å². The molecule has 3 aromatic carbocycles. The molecule has 9 heteroatoms. The van der Waals surface area contributed by atoms with E-state index in [1.54, 1.807) is 36.4 Å². The molecule has 0 saturated carbocycles. The Hall–Kier alpha value is -3.36. The molecule has 1 amide bonds. The monoisotopic (exact) mass is 500 g/mol. The summed E-state index contributed by atoms with van der Waals surface area (Å²) < 4.78 is 38.5. The van der Waals surface area contributed by atoms with Crippen LogP contribution in [0.25, 0.3) is 6.08 Å². The first-order chi connectivity index (χ1) is 16.4. The Morgan fingerprint density at radius 2 is 1.85 bits per heavy atom. The van der Waals surface area contributed by atoms with Crippen molar-refractivity contribution in [3.8, 4) is 11.5 Å². The summed E-state index contributed by atoms with van der Waals surface area (Å²) in [5.41, 5.74) is 1.52. The normalized spacial score (nSPS) is 15.6. The largest absolute Gasteiger partial charge is 0.490 e. The zero-order chi connectivity index (χ0) is 24.1. The van der Waals surface area contributed by atoms with Gasteiger partial charge < -0.3 is 14.8 Å². The van der Waals surface area contributed by atoms with Crippen LogP contribution in [-0.4, -0.2) is 17.7 Å². The van der Waals surface area contributed by atoms with Crippen LogP contribution >= 0.6 is 23.4 Å². The molecule has 1 fully saturated rings. The number of rotatable bonds is 7. The zero-order valence-electron chi connectivity index (χ0n) is 18.0. The van der Waals surface area contributed by atoms with Crippen molar-refractivity contribution in [2.75, 3.05) is 6.61 Å². The third kappa shape index (κ3) is 5.76. The lowest BCUT2D eigenvalue weighted by Crippen LogP contribution is -2.19. The Kier molecular flexibility index (Phi) is 7.49. The quantitative estimate of drug-likeness (QED) is 0.377. The first kappa shape index (κ1) is 23.8. The summed E-state index contributed by atoms with van der Waals surface area (Å²) >= 11 is 7.61. The van der Waals surface area contributed by atoms with Crippen LogP contribution in [0, 0.1) is 11.6 Å². The fourth-order valence-corrected chi connectivity index (χ4v) is 4.22. The van der Waals surface area contributed by atoms with Crippen LogP contribution in [0.3, 0.4) is 0 Å². The standard InChI is InChI=1S/C25H19ClF2N2O3S/c1-2-32-21-12-15(11-19(26)23(21)33-14-16-5-3-4-6-20(16)28)13-22-24(31)30-25(34-22)29-18-9-7-17(27)8-10-18/h3-13H,2,14H2,1H3,(H,29,30,31)/b22-13+. The number of hydrogen-bond acceptors (Lipinski definition) is 5. The summed E-state index contributed by atoms with van der Waals surface area (Å²) in [6.07, 6.45) is 1.65. The molecule has 0 bridgehead atoms. The van der Waals surface area contributed by atoms with Crippen molar-refractivity contribution in [2.24, 2.45) is 4.99 Å². The summed E-state index contributed by atoms with van der Waals surface area (Å²) in [5.74, 6) is -0.395. The van der Waals surface area contributed by atoms with Gasteiger partial charge in [0.1, 0.15) is 18.2 Å². The van der Waals surface area contributed by atoms with Gasteiger partial charge >= 0.3 is 0 Å². The predicted molar refractivity (Wildman–Crippen MR) is 131 cm³/mol. The highest BCUT2D eigenvalue weighted by Crippen LogP contribution is 2.39. The number of amides is 1. The Balaban J connectivity index is 1.56. The molecule has 0 radical (unpaired) electrons. The van der Waals surface area contributed by atoms with E-state index in [1.165, 1.54) is 30.3 Å². The second kappa shape index (κ2) is 10.7.